The number of carboxylic acid groups (broad SMARTS) is 1. The van der Waals surface area contributed by atoms with Gasteiger partial charge in [-0.2, -0.15) is 5.10 Å². The van der Waals surface area contributed by atoms with Gasteiger partial charge in [-0.25, -0.2) is 0 Å². The van der Waals surface area contributed by atoms with E-state index in [9.17, 15) is 9.59 Å². The molecule has 6 nitrogen and oxygen atoms in total. The predicted molar refractivity (Wildman–Crippen MR) is 107 cm³/mol. The molecule has 1 atom stereocenters. The van der Waals surface area contributed by atoms with E-state index >= 15 is 0 Å². The molecule has 0 saturated carbocycles. The van der Waals surface area contributed by atoms with Crippen molar-refractivity contribution in [2.45, 2.75) is 37.0 Å². The molecular weight excluding hydrogens is 362 g/mol. The number of rotatable bonds is 6. The molecule has 27 heavy (non-hydrogen) atoms. The second-order valence-corrected chi connectivity index (χ2v) is 7.89. The van der Waals surface area contributed by atoms with Gasteiger partial charge in [0.05, 0.1) is 17.3 Å². The molecule has 1 heterocycles. The minimum Gasteiger partial charge on any atom is -0.480 e. The second kappa shape index (κ2) is 7.84. The molecule has 7 heteroatoms. The van der Waals surface area contributed by atoms with Crippen LogP contribution in [0.1, 0.15) is 37.2 Å². The molecule has 2 N–H and O–H groups in total. The van der Waals surface area contributed by atoms with Crippen LogP contribution < -0.4 is 5.32 Å². The smallest absolute Gasteiger partial charge is 0.316 e. The Labute approximate surface area is 161 Å². The monoisotopic (exact) mass is 383 g/mol. The van der Waals surface area contributed by atoms with Crippen molar-refractivity contribution in [1.82, 2.24) is 9.78 Å². The predicted octanol–water partition coefficient (Wildman–Crippen LogP) is 4.43. The molecule has 0 aliphatic carbocycles. The molecule has 1 unspecified atom stereocenters. The van der Waals surface area contributed by atoms with Crippen LogP contribution in [0.4, 0.5) is 5.69 Å². The van der Waals surface area contributed by atoms with Crippen LogP contribution in [0.2, 0.25) is 0 Å². The van der Waals surface area contributed by atoms with Gasteiger partial charge >= 0.3 is 5.97 Å². The number of nitrogens with one attached hydrogen (secondary N) is 1. The van der Waals surface area contributed by atoms with Gasteiger partial charge in [-0.3, -0.25) is 14.3 Å². The lowest BCUT2D eigenvalue weighted by Gasteiger charge is -2.12. The van der Waals surface area contributed by atoms with E-state index in [0.29, 0.717) is 16.1 Å². The van der Waals surface area contributed by atoms with Gasteiger partial charge in [0.1, 0.15) is 5.25 Å². The number of anilines is 1. The zero-order chi connectivity index (χ0) is 19.6. The Balaban J connectivity index is 1.86. The first-order valence-corrected chi connectivity index (χ1v) is 9.52. The van der Waals surface area contributed by atoms with Gasteiger partial charge in [0.15, 0.2) is 0 Å². The summed E-state index contributed by atoms with van der Waals surface area (Å²) in [5, 5.41) is 16.8. The highest BCUT2D eigenvalue weighted by Gasteiger charge is 2.18. The first kappa shape index (κ1) is 19.0. The Morgan fingerprint density at radius 3 is 2.59 bits per heavy atom. The van der Waals surface area contributed by atoms with Crippen LogP contribution in [0.15, 0.2) is 53.6 Å². The fraction of sp³-hybridized carbons (Fsp3) is 0.250. The molecule has 0 fully saturated rings. The molecule has 2 aromatic carbocycles. The van der Waals surface area contributed by atoms with Gasteiger partial charge < -0.3 is 10.4 Å². The Bertz CT molecular complexity index is 997. The van der Waals surface area contributed by atoms with Crippen LogP contribution in [-0.2, 0) is 4.79 Å². The van der Waals surface area contributed by atoms with E-state index in [-0.39, 0.29) is 11.9 Å². The molecular formula is C20H21N3O3S. The van der Waals surface area contributed by atoms with Gasteiger partial charge in [-0.05, 0) is 51.1 Å². The first-order valence-electron chi connectivity index (χ1n) is 8.64. The Morgan fingerprint density at radius 2 is 1.89 bits per heavy atom. The van der Waals surface area contributed by atoms with Crippen molar-refractivity contribution in [2.75, 3.05) is 5.32 Å². The van der Waals surface area contributed by atoms with Gasteiger partial charge in [0.2, 0.25) is 0 Å². The molecule has 0 aliphatic heterocycles. The van der Waals surface area contributed by atoms with Gasteiger partial charge in [0, 0.05) is 22.0 Å². The number of hydrogen-bond acceptors (Lipinski definition) is 4. The Hall–Kier alpha value is -2.80. The third kappa shape index (κ3) is 4.14. The average Bonchev–Trinajstić information content (AvgIpc) is 3.05. The maximum absolute atomic E-state index is 12.8. The van der Waals surface area contributed by atoms with E-state index < -0.39 is 11.2 Å². The topological polar surface area (TPSA) is 84.2 Å². The molecule has 0 aliphatic rings. The number of benzene rings is 2. The number of carbonyl (C=O) groups is 2. The minimum absolute atomic E-state index is 0.211. The van der Waals surface area contributed by atoms with Crippen molar-refractivity contribution in [3.8, 4) is 0 Å². The Kier molecular flexibility index (Phi) is 5.51. The van der Waals surface area contributed by atoms with Gasteiger partial charge in [-0.1, -0.05) is 12.1 Å². The van der Waals surface area contributed by atoms with E-state index in [1.54, 1.807) is 37.4 Å². The third-order valence-corrected chi connectivity index (χ3v) is 5.29. The lowest BCUT2D eigenvalue weighted by Crippen LogP contribution is -2.15. The normalized spacial score (nSPS) is 12.3. The summed E-state index contributed by atoms with van der Waals surface area (Å²) in [6, 6.07) is 12.9. The number of carboxylic acids is 1. The summed E-state index contributed by atoms with van der Waals surface area (Å²) < 4.78 is 1.91. The SMILES string of the molecule is CC(Sc1ccccc1C(=O)Nc1ccc2cnn(C(C)C)c2c1)C(=O)O. The Morgan fingerprint density at radius 1 is 1.15 bits per heavy atom. The summed E-state index contributed by atoms with van der Waals surface area (Å²) in [5.41, 5.74) is 2.07. The number of fused-ring (bicyclic) bond motifs is 1. The number of nitrogens with zero attached hydrogens (tertiary/aromatic N) is 2. The molecule has 140 valence electrons. The van der Waals surface area contributed by atoms with Crippen molar-refractivity contribution in [2.24, 2.45) is 0 Å². The van der Waals surface area contributed by atoms with E-state index in [1.807, 2.05) is 22.9 Å². The molecule has 3 aromatic rings. The summed E-state index contributed by atoms with van der Waals surface area (Å²) >= 11 is 1.15. The molecule has 1 aromatic heterocycles. The number of amides is 1. The number of carbonyl (C=O) groups excluding carboxylic acids is 1. The van der Waals surface area contributed by atoms with E-state index in [0.717, 1.165) is 22.7 Å². The van der Waals surface area contributed by atoms with Crippen molar-refractivity contribution in [1.29, 1.82) is 0 Å². The van der Waals surface area contributed by atoms with Crippen molar-refractivity contribution < 1.29 is 14.7 Å². The molecule has 0 saturated heterocycles. The number of thioether (sulfide) groups is 1. The van der Waals surface area contributed by atoms with Crippen LogP contribution in [0.25, 0.3) is 10.9 Å². The molecule has 3 rings (SSSR count). The fourth-order valence-electron chi connectivity index (χ4n) is 2.72. The van der Waals surface area contributed by atoms with Crippen LogP contribution in [0, 0.1) is 0 Å². The van der Waals surface area contributed by atoms with Crippen molar-refractivity contribution in [3.63, 3.8) is 0 Å². The summed E-state index contributed by atoms with van der Waals surface area (Å²) in [4.78, 5) is 24.6. The quantitative estimate of drug-likeness (QED) is 0.615. The standard InChI is InChI=1S/C20H21N3O3S/c1-12(2)23-17-10-15(9-8-14(17)11-21-23)22-19(24)16-6-4-5-7-18(16)27-13(3)20(25)26/h4-13H,1-3H3,(H,22,24)(H,25,26). The van der Waals surface area contributed by atoms with Crippen molar-refractivity contribution >= 4 is 40.2 Å². The van der Waals surface area contributed by atoms with Crippen LogP contribution in [0.5, 0.6) is 0 Å². The van der Waals surface area contributed by atoms with Crippen LogP contribution >= 0.6 is 11.8 Å². The molecule has 0 spiro atoms. The van der Waals surface area contributed by atoms with Gasteiger partial charge in [0.25, 0.3) is 5.91 Å². The summed E-state index contributed by atoms with van der Waals surface area (Å²) in [6.07, 6.45) is 1.81. The highest BCUT2D eigenvalue weighted by atomic mass is 32.2. The maximum Gasteiger partial charge on any atom is 0.316 e. The zero-order valence-corrected chi connectivity index (χ0v) is 16.2. The lowest BCUT2D eigenvalue weighted by atomic mass is 10.2. The maximum atomic E-state index is 12.8. The first-order chi connectivity index (χ1) is 12.9. The molecule has 0 bridgehead atoms. The third-order valence-electron chi connectivity index (χ3n) is 4.13. The lowest BCUT2D eigenvalue weighted by molar-refractivity contribution is -0.136. The van der Waals surface area contributed by atoms with E-state index in [1.165, 1.54) is 0 Å². The highest BCUT2D eigenvalue weighted by molar-refractivity contribution is 8.00. The summed E-state index contributed by atoms with van der Waals surface area (Å²) in [7, 11) is 0. The highest BCUT2D eigenvalue weighted by Crippen LogP contribution is 2.28. The molecule has 0 radical (unpaired) electrons. The van der Waals surface area contributed by atoms with Crippen LogP contribution in [0.3, 0.4) is 0 Å². The number of aliphatic carboxylic acids is 1. The molecule has 1 amide bonds. The minimum atomic E-state index is -0.914. The largest absolute Gasteiger partial charge is 0.480 e. The van der Waals surface area contributed by atoms with Gasteiger partial charge in [-0.15, -0.1) is 11.8 Å². The summed E-state index contributed by atoms with van der Waals surface area (Å²) in [5.74, 6) is -1.19. The number of aromatic nitrogens is 2. The van der Waals surface area contributed by atoms with E-state index in [4.69, 9.17) is 5.11 Å². The number of hydrogen-bond donors (Lipinski definition) is 2. The van der Waals surface area contributed by atoms with Crippen molar-refractivity contribution in [3.05, 3.63) is 54.2 Å². The second-order valence-electron chi connectivity index (χ2n) is 6.51. The summed E-state index contributed by atoms with van der Waals surface area (Å²) in [6.45, 7) is 5.70. The van der Waals surface area contributed by atoms with Crippen LogP contribution in [-0.4, -0.2) is 32.0 Å². The fourth-order valence-corrected chi connectivity index (χ4v) is 3.65. The van der Waals surface area contributed by atoms with E-state index in [2.05, 4.69) is 24.3 Å². The average molecular weight is 383 g/mol. The zero-order valence-electron chi connectivity index (χ0n) is 15.3.